The molecule has 0 amide bonds. The quantitative estimate of drug-likeness (QED) is 0.579. The number of fused-ring (bicyclic) bond motifs is 4. The maximum atomic E-state index is 12.1. The van der Waals surface area contributed by atoms with Gasteiger partial charge in [0.2, 0.25) is 0 Å². The SMILES string of the molecule is CC(=O)OC1c2c(ccc3ccccc23)CCC1N1CCCc2ccccc21. The van der Waals surface area contributed by atoms with E-state index in [0.29, 0.717) is 0 Å². The summed E-state index contributed by atoms with van der Waals surface area (Å²) in [5.41, 5.74) is 5.22. The van der Waals surface area contributed by atoms with Crippen LogP contribution in [0.5, 0.6) is 0 Å². The number of carbonyl (C=O) groups excluding carboxylic acids is 1. The Balaban J connectivity index is 1.65. The van der Waals surface area contributed by atoms with E-state index in [4.69, 9.17) is 4.74 Å². The fraction of sp³-hybridized carbons (Fsp3) is 0.320. The van der Waals surface area contributed by atoms with Crippen molar-refractivity contribution >= 4 is 22.4 Å². The highest BCUT2D eigenvalue weighted by atomic mass is 16.5. The van der Waals surface area contributed by atoms with Gasteiger partial charge in [-0.3, -0.25) is 4.79 Å². The van der Waals surface area contributed by atoms with Gasteiger partial charge in [-0.15, -0.1) is 0 Å². The van der Waals surface area contributed by atoms with Gasteiger partial charge in [0.05, 0.1) is 6.04 Å². The van der Waals surface area contributed by atoms with Gasteiger partial charge in [-0.2, -0.15) is 0 Å². The molecule has 0 N–H and O–H groups in total. The first-order chi connectivity index (χ1) is 13.7. The van der Waals surface area contributed by atoms with Crippen molar-refractivity contribution in [3.8, 4) is 0 Å². The molecular formula is C25H25NO2. The van der Waals surface area contributed by atoms with Crippen LogP contribution in [-0.2, 0) is 22.4 Å². The van der Waals surface area contributed by atoms with Gasteiger partial charge in [-0.05, 0) is 53.6 Å². The molecule has 0 spiro atoms. The Kier molecular flexibility index (Phi) is 4.31. The smallest absolute Gasteiger partial charge is 0.303 e. The first kappa shape index (κ1) is 17.3. The molecule has 3 heteroatoms. The lowest BCUT2D eigenvalue weighted by molar-refractivity contribution is -0.148. The summed E-state index contributed by atoms with van der Waals surface area (Å²) >= 11 is 0. The summed E-state index contributed by atoms with van der Waals surface area (Å²) < 4.78 is 6.03. The number of hydrogen-bond donors (Lipinski definition) is 0. The lowest BCUT2D eigenvalue weighted by Crippen LogP contribution is -2.46. The highest BCUT2D eigenvalue weighted by molar-refractivity contribution is 5.88. The largest absolute Gasteiger partial charge is 0.455 e. The molecule has 28 heavy (non-hydrogen) atoms. The number of para-hydroxylation sites is 1. The van der Waals surface area contributed by atoms with Crippen molar-refractivity contribution in [3.05, 3.63) is 77.4 Å². The third kappa shape index (κ3) is 2.86. The molecule has 3 nitrogen and oxygen atoms in total. The van der Waals surface area contributed by atoms with Crippen molar-refractivity contribution in [3.63, 3.8) is 0 Å². The lowest BCUT2D eigenvalue weighted by Gasteiger charge is -2.44. The third-order valence-electron chi connectivity index (χ3n) is 6.24. The molecule has 142 valence electrons. The van der Waals surface area contributed by atoms with E-state index in [1.54, 1.807) is 0 Å². The van der Waals surface area contributed by atoms with E-state index in [1.807, 2.05) is 0 Å². The fourth-order valence-electron chi connectivity index (χ4n) is 5.08. The number of benzene rings is 3. The summed E-state index contributed by atoms with van der Waals surface area (Å²) in [4.78, 5) is 14.6. The van der Waals surface area contributed by atoms with Crippen LogP contribution < -0.4 is 4.90 Å². The first-order valence-corrected chi connectivity index (χ1v) is 10.2. The van der Waals surface area contributed by atoms with E-state index in [9.17, 15) is 4.79 Å². The molecule has 0 bridgehead atoms. The fourth-order valence-corrected chi connectivity index (χ4v) is 5.08. The minimum atomic E-state index is -0.237. The predicted molar refractivity (Wildman–Crippen MR) is 113 cm³/mol. The van der Waals surface area contributed by atoms with E-state index >= 15 is 0 Å². The Morgan fingerprint density at radius 3 is 2.68 bits per heavy atom. The molecule has 2 unspecified atom stereocenters. The number of aryl methyl sites for hydroxylation is 2. The average Bonchev–Trinajstić information content (AvgIpc) is 2.73. The molecule has 1 aliphatic heterocycles. The Bertz CT molecular complexity index is 1040. The summed E-state index contributed by atoms with van der Waals surface area (Å²) in [5, 5.41) is 2.42. The molecule has 1 heterocycles. The standard InChI is InChI=1S/C25H25NO2/c1-17(27)28-25-23(26-16-6-9-19-8-3-5-11-22(19)26)15-14-20-13-12-18-7-2-4-10-21(18)24(20)25/h2-5,7-8,10-13,23,25H,6,9,14-16H2,1H3. The molecule has 3 aromatic rings. The van der Waals surface area contributed by atoms with Crippen LogP contribution in [0, 0.1) is 0 Å². The van der Waals surface area contributed by atoms with Crippen LogP contribution in [0.2, 0.25) is 0 Å². The summed E-state index contributed by atoms with van der Waals surface area (Å²) in [6.45, 7) is 2.54. The maximum Gasteiger partial charge on any atom is 0.303 e. The number of esters is 1. The zero-order chi connectivity index (χ0) is 19.1. The first-order valence-electron chi connectivity index (χ1n) is 10.2. The average molecular weight is 371 g/mol. The van der Waals surface area contributed by atoms with Crippen LogP contribution >= 0.6 is 0 Å². The van der Waals surface area contributed by atoms with Gasteiger partial charge >= 0.3 is 5.97 Å². The molecule has 2 aliphatic rings. The summed E-state index contributed by atoms with van der Waals surface area (Å²) in [5.74, 6) is -0.207. The molecule has 0 fully saturated rings. The molecule has 2 atom stereocenters. The zero-order valence-electron chi connectivity index (χ0n) is 16.2. The lowest BCUT2D eigenvalue weighted by atomic mass is 9.81. The van der Waals surface area contributed by atoms with Crippen LogP contribution in [0.25, 0.3) is 10.8 Å². The second-order valence-corrected chi connectivity index (χ2v) is 7.92. The van der Waals surface area contributed by atoms with Crippen LogP contribution in [0.3, 0.4) is 0 Å². The second kappa shape index (κ2) is 6.97. The summed E-state index contributed by atoms with van der Waals surface area (Å²) in [6.07, 6.45) is 4.04. The van der Waals surface area contributed by atoms with Gasteiger partial charge < -0.3 is 9.64 Å². The third-order valence-corrected chi connectivity index (χ3v) is 6.24. The predicted octanol–water partition coefficient (Wildman–Crippen LogP) is 5.21. The second-order valence-electron chi connectivity index (χ2n) is 7.92. The molecule has 0 radical (unpaired) electrons. The van der Waals surface area contributed by atoms with Gasteiger partial charge in [0.25, 0.3) is 0 Å². The van der Waals surface area contributed by atoms with Gasteiger partial charge in [0.15, 0.2) is 0 Å². The van der Waals surface area contributed by atoms with Crippen LogP contribution in [0.1, 0.15) is 42.6 Å². The minimum Gasteiger partial charge on any atom is -0.455 e. The van der Waals surface area contributed by atoms with E-state index in [1.165, 1.54) is 40.1 Å². The van der Waals surface area contributed by atoms with Crippen LogP contribution in [0.15, 0.2) is 60.7 Å². The van der Waals surface area contributed by atoms with Gasteiger partial charge in [0, 0.05) is 24.7 Å². The molecule has 5 rings (SSSR count). The van der Waals surface area contributed by atoms with Crippen molar-refractivity contribution < 1.29 is 9.53 Å². The van der Waals surface area contributed by atoms with Crippen molar-refractivity contribution in [1.82, 2.24) is 0 Å². The molecule has 1 aliphatic carbocycles. The van der Waals surface area contributed by atoms with E-state index < -0.39 is 0 Å². The maximum absolute atomic E-state index is 12.1. The highest BCUT2D eigenvalue weighted by Crippen LogP contribution is 2.42. The topological polar surface area (TPSA) is 29.5 Å². The summed E-state index contributed by atoms with van der Waals surface area (Å²) in [7, 11) is 0. The number of nitrogens with zero attached hydrogens (tertiary/aromatic N) is 1. The molecule has 0 saturated carbocycles. The van der Waals surface area contributed by atoms with Gasteiger partial charge in [-0.25, -0.2) is 0 Å². The molecule has 0 saturated heterocycles. The van der Waals surface area contributed by atoms with Crippen molar-refractivity contribution in [1.29, 1.82) is 0 Å². The summed E-state index contributed by atoms with van der Waals surface area (Å²) in [6, 6.07) is 21.7. The van der Waals surface area contributed by atoms with E-state index in [2.05, 4.69) is 65.6 Å². The van der Waals surface area contributed by atoms with Crippen molar-refractivity contribution in [2.24, 2.45) is 0 Å². The Hall–Kier alpha value is -2.81. The van der Waals surface area contributed by atoms with Crippen molar-refractivity contribution in [2.45, 2.75) is 44.8 Å². The number of hydrogen-bond acceptors (Lipinski definition) is 3. The monoisotopic (exact) mass is 371 g/mol. The molecular weight excluding hydrogens is 346 g/mol. The Morgan fingerprint density at radius 1 is 0.964 bits per heavy atom. The van der Waals surface area contributed by atoms with Crippen LogP contribution in [0.4, 0.5) is 5.69 Å². The van der Waals surface area contributed by atoms with Gasteiger partial charge in [-0.1, -0.05) is 54.6 Å². The van der Waals surface area contributed by atoms with Gasteiger partial charge in [0.1, 0.15) is 6.10 Å². The molecule has 0 aromatic heterocycles. The van der Waals surface area contributed by atoms with Crippen LogP contribution in [-0.4, -0.2) is 18.6 Å². The van der Waals surface area contributed by atoms with E-state index in [-0.39, 0.29) is 18.1 Å². The minimum absolute atomic E-state index is 0.170. The Labute approximate surface area is 165 Å². The van der Waals surface area contributed by atoms with Crippen molar-refractivity contribution in [2.75, 3.05) is 11.4 Å². The van der Waals surface area contributed by atoms with E-state index in [0.717, 1.165) is 32.2 Å². The number of carbonyl (C=O) groups is 1. The number of ether oxygens (including phenoxy) is 1. The number of rotatable bonds is 2. The molecule has 3 aromatic carbocycles. The highest BCUT2D eigenvalue weighted by Gasteiger charge is 2.38. The normalized spacial score (nSPS) is 21.1. The number of anilines is 1. The Morgan fingerprint density at radius 2 is 1.79 bits per heavy atom. The zero-order valence-corrected chi connectivity index (χ0v) is 16.2.